The van der Waals surface area contributed by atoms with Crippen molar-refractivity contribution in [1.29, 1.82) is 0 Å². The normalized spacial score (nSPS) is 10.2. The predicted octanol–water partition coefficient (Wildman–Crippen LogP) is 6.47. The number of hydrogen-bond acceptors (Lipinski definition) is 8. The molecular formula is C34H30Cl6N4O6Ti2. The van der Waals surface area contributed by atoms with Crippen LogP contribution in [0, 0.1) is 0 Å². The molecule has 272 valence electrons. The number of rotatable bonds is 10. The molecule has 0 fully saturated rings. The Labute approximate surface area is 363 Å². The first-order chi connectivity index (χ1) is 23.0. The molecule has 0 aliphatic heterocycles. The third kappa shape index (κ3) is 29.3. The molecule has 4 aromatic carbocycles. The quantitative estimate of drug-likeness (QED) is 0.0761. The first kappa shape index (κ1) is 56.6. The Morgan fingerprint density at radius 2 is 0.538 bits per heavy atom. The fourth-order valence-electron chi connectivity index (χ4n) is 3.23. The van der Waals surface area contributed by atoms with Crippen LogP contribution in [0.2, 0.25) is 0 Å². The topological polar surface area (TPSA) is 199 Å². The van der Waals surface area contributed by atoms with Crippen LogP contribution in [0.15, 0.2) is 117 Å². The van der Waals surface area contributed by atoms with Gasteiger partial charge >= 0.3 is 43.4 Å². The van der Waals surface area contributed by atoms with E-state index in [9.17, 15) is 20.4 Å². The van der Waals surface area contributed by atoms with E-state index in [1.54, 1.807) is 97.7 Å². The molecule has 10 nitrogen and oxygen atoms in total. The number of alkyl halides is 6. The minimum Gasteiger partial charge on any atom is -2.00 e. The Kier molecular flexibility index (Phi) is 39.0. The molecule has 0 aromatic heterocycles. The van der Waals surface area contributed by atoms with Crippen molar-refractivity contribution >= 4 is 94.5 Å². The Balaban J connectivity index is -0.000000345. The van der Waals surface area contributed by atoms with Gasteiger partial charge in [-0.3, -0.25) is 20.0 Å². The van der Waals surface area contributed by atoms with E-state index >= 15 is 0 Å². The monoisotopic (exact) mass is 896 g/mol. The molecule has 0 aliphatic carbocycles. The SMILES string of the molecule is ClC(Cl)Cl.ClC(Cl)Cl.[O-2].[O-2].[O-]c1ccccc1C=NCCN=Cc1ccccc1[O-].[O-]c1ccccc1C=NCCN=Cc1ccccc1[O-].[Ti+4].[Ti+4]. The molecule has 18 heteroatoms. The van der Waals surface area contributed by atoms with E-state index in [1.807, 2.05) is 0 Å². The average Bonchev–Trinajstić information content (AvgIpc) is 3.03. The van der Waals surface area contributed by atoms with Crippen molar-refractivity contribution in [2.75, 3.05) is 26.2 Å². The minimum atomic E-state index is -0.750. The van der Waals surface area contributed by atoms with Gasteiger partial charge in [0.25, 0.3) is 0 Å². The maximum Gasteiger partial charge on any atom is 4.00 e. The van der Waals surface area contributed by atoms with E-state index in [1.165, 1.54) is 24.3 Å². The molecule has 0 saturated heterocycles. The Morgan fingerprint density at radius 1 is 0.385 bits per heavy atom. The first-order valence-corrected chi connectivity index (χ1v) is 16.5. The first-order valence-electron chi connectivity index (χ1n) is 13.9. The summed E-state index contributed by atoms with van der Waals surface area (Å²) < 4.78 is -1.50. The standard InChI is InChI=1S/2C16H16N2O2.2CHCl3.2O.2Ti/c2*19-15-7-3-1-5-13(15)11-17-9-10-18-12-14-6-2-4-8-16(14)20;2*2-1(3)4;;;;/h2*1-8,11-12,19-20H,9-10H2;2*1H;;;;/q;;;;2*-2;2*+4/p-4. The van der Waals surface area contributed by atoms with Crippen LogP contribution in [0.25, 0.3) is 0 Å². The van der Waals surface area contributed by atoms with E-state index in [-0.39, 0.29) is 77.4 Å². The molecule has 0 heterocycles. The summed E-state index contributed by atoms with van der Waals surface area (Å²) >= 11 is 28.8. The van der Waals surface area contributed by atoms with Crippen molar-refractivity contribution in [3.63, 3.8) is 0 Å². The van der Waals surface area contributed by atoms with E-state index in [4.69, 9.17) is 69.6 Å². The summed E-state index contributed by atoms with van der Waals surface area (Å²) in [6.45, 7) is 1.91. The van der Waals surface area contributed by atoms with Crippen molar-refractivity contribution in [3.05, 3.63) is 119 Å². The van der Waals surface area contributed by atoms with Gasteiger partial charge in [-0.1, -0.05) is 167 Å². The Hall–Kier alpha value is -2.15. The largest absolute Gasteiger partial charge is 4.00 e. The Morgan fingerprint density at radius 3 is 0.692 bits per heavy atom. The second-order valence-electron chi connectivity index (χ2n) is 8.79. The van der Waals surface area contributed by atoms with Crippen LogP contribution in [-0.2, 0) is 54.4 Å². The molecule has 0 amide bonds. The number of halogens is 6. The maximum absolute atomic E-state index is 11.4. The molecule has 52 heavy (non-hydrogen) atoms. The number of benzene rings is 4. The van der Waals surface area contributed by atoms with Gasteiger partial charge < -0.3 is 31.4 Å². The van der Waals surface area contributed by atoms with Crippen LogP contribution >= 0.6 is 69.6 Å². The molecule has 0 spiro atoms. The molecule has 0 bridgehead atoms. The molecule has 0 N–H and O–H groups in total. The third-order valence-corrected chi connectivity index (χ3v) is 5.31. The second kappa shape index (κ2) is 35.9. The van der Waals surface area contributed by atoms with Gasteiger partial charge in [0.1, 0.15) is 0 Å². The molecule has 0 saturated carbocycles. The van der Waals surface area contributed by atoms with Gasteiger partial charge in [-0.05, 0) is 22.3 Å². The third-order valence-electron chi connectivity index (χ3n) is 5.31. The number of para-hydroxylation sites is 4. The molecule has 0 radical (unpaired) electrons. The average molecular weight is 899 g/mol. The van der Waals surface area contributed by atoms with Crippen molar-refractivity contribution in [2.45, 2.75) is 8.59 Å². The van der Waals surface area contributed by atoms with Crippen LogP contribution in [0.4, 0.5) is 0 Å². The van der Waals surface area contributed by atoms with Crippen LogP contribution in [-0.4, -0.2) is 59.6 Å². The summed E-state index contributed by atoms with van der Waals surface area (Å²) in [6.07, 6.45) is 6.22. The van der Waals surface area contributed by atoms with Gasteiger partial charge in [0.05, 0.1) is 26.2 Å². The zero-order valence-electron chi connectivity index (χ0n) is 27.0. The summed E-state index contributed by atoms with van der Waals surface area (Å²) in [4.78, 5) is 16.6. The number of nitrogens with zero attached hydrogens (tertiary/aromatic N) is 4. The van der Waals surface area contributed by atoms with Crippen molar-refractivity contribution < 1.29 is 74.8 Å². The van der Waals surface area contributed by atoms with Gasteiger partial charge in [0.15, 0.2) is 8.59 Å². The summed E-state index contributed by atoms with van der Waals surface area (Å²) in [6, 6.07) is 26.9. The molecular weight excluding hydrogens is 869 g/mol. The maximum atomic E-state index is 11.4. The van der Waals surface area contributed by atoms with Gasteiger partial charge in [0, 0.05) is 24.9 Å². The van der Waals surface area contributed by atoms with E-state index < -0.39 is 8.59 Å². The molecule has 4 rings (SSSR count). The van der Waals surface area contributed by atoms with Gasteiger partial charge in [-0.15, -0.1) is 23.0 Å². The smallest absolute Gasteiger partial charge is 2.00 e. The fourth-order valence-corrected chi connectivity index (χ4v) is 3.23. The van der Waals surface area contributed by atoms with Crippen LogP contribution in [0.1, 0.15) is 22.3 Å². The molecule has 4 aromatic rings. The second-order valence-corrected chi connectivity index (χ2v) is 12.7. The van der Waals surface area contributed by atoms with Crippen molar-refractivity contribution in [3.8, 4) is 23.0 Å². The van der Waals surface area contributed by atoms with E-state index in [0.29, 0.717) is 48.4 Å². The van der Waals surface area contributed by atoms with E-state index in [0.717, 1.165) is 0 Å². The van der Waals surface area contributed by atoms with Gasteiger partial charge in [0.2, 0.25) is 0 Å². The van der Waals surface area contributed by atoms with Crippen LogP contribution in [0.3, 0.4) is 0 Å². The minimum absolute atomic E-state index is 0. The summed E-state index contributed by atoms with van der Waals surface area (Å²) in [7, 11) is 0. The van der Waals surface area contributed by atoms with E-state index in [2.05, 4.69) is 20.0 Å². The van der Waals surface area contributed by atoms with Gasteiger partial charge in [-0.2, -0.15) is 0 Å². The zero-order chi connectivity index (χ0) is 35.6. The summed E-state index contributed by atoms with van der Waals surface area (Å²) in [5.74, 6) is -0.167. The van der Waals surface area contributed by atoms with Crippen molar-refractivity contribution in [1.82, 2.24) is 0 Å². The fraction of sp³-hybridized carbons (Fsp3) is 0.176. The number of hydrogen-bond donors (Lipinski definition) is 0. The Bertz CT molecular complexity index is 1370. The number of aliphatic imine (C=N–C) groups is 4. The zero-order valence-corrected chi connectivity index (χ0v) is 34.7. The molecule has 0 atom stereocenters. The summed E-state index contributed by atoms with van der Waals surface area (Å²) in [5.41, 5.74) is 2.28. The van der Waals surface area contributed by atoms with Gasteiger partial charge in [-0.25, -0.2) is 0 Å². The predicted molar refractivity (Wildman–Crippen MR) is 197 cm³/mol. The molecule has 0 aliphatic rings. The van der Waals surface area contributed by atoms with Crippen LogP contribution < -0.4 is 20.4 Å². The van der Waals surface area contributed by atoms with Crippen molar-refractivity contribution in [2.24, 2.45) is 20.0 Å². The summed E-state index contributed by atoms with van der Waals surface area (Å²) in [5, 5.41) is 45.6. The molecule has 0 unspecified atom stereocenters. The van der Waals surface area contributed by atoms with Crippen LogP contribution in [0.5, 0.6) is 23.0 Å².